The van der Waals surface area contributed by atoms with Gasteiger partial charge in [0.05, 0.1) is 10.6 Å². The zero-order chi connectivity index (χ0) is 18.2. The molecule has 1 aromatic carbocycles. The zero-order valence-corrected chi connectivity index (χ0v) is 15.1. The number of amides is 1. The van der Waals surface area contributed by atoms with Gasteiger partial charge in [0.25, 0.3) is 5.91 Å². The molecule has 0 radical (unpaired) electrons. The Morgan fingerprint density at radius 1 is 1.36 bits per heavy atom. The molecule has 1 atom stereocenters. The monoisotopic (exact) mass is 376 g/mol. The van der Waals surface area contributed by atoms with Crippen molar-refractivity contribution in [2.45, 2.75) is 22.9 Å². The van der Waals surface area contributed by atoms with Crippen molar-refractivity contribution < 1.29 is 14.3 Å². The van der Waals surface area contributed by atoms with Crippen molar-refractivity contribution in [2.24, 2.45) is 0 Å². The average molecular weight is 377 g/mol. The number of nitrogens with one attached hydrogen (secondary N) is 1. The van der Waals surface area contributed by atoms with E-state index in [1.54, 1.807) is 30.5 Å². The summed E-state index contributed by atoms with van der Waals surface area (Å²) in [6, 6.07) is 10.5. The Balaban J connectivity index is 2.14. The van der Waals surface area contributed by atoms with Crippen LogP contribution in [0.2, 0.25) is 5.02 Å². The number of hydrogen-bond donors (Lipinski definition) is 1. The van der Waals surface area contributed by atoms with Gasteiger partial charge < -0.3 is 10.1 Å². The highest BCUT2D eigenvalue weighted by atomic mass is 35.5. The summed E-state index contributed by atoms with van der Waals surface area (Å²) in [6.45, 7) is 5.33. The smallest absolute Gasteiger partial charge is 0.341 e. The van der Waals surface area contributed by atoms with E-state index in [9.17, 15) is 9.59 Å². The van der Waals surface area contributed by atoms with Crippen molar-refractivity contribution in [3.8, 4) is 0 Å². The molecule has 0 saturated heterocycles. The Morgan fingerprint density at radius 3 is 2.84 bits per heavy atom. The van der Waals surface area contributed by atoms with Crippen LogP contribution in [0.4, 0.5) is 0 Å². The maximum absolute atomic E-state index is 12.4. The molecule has 0 spiro atoms. The van der Waals surface area contributed by atoms with Crippen LogP contribution in [0.3, 0.4) is 0 Å². The summed E-state index contributed by atoms with van der Waals surface area (Å²) in [7, 11) is 0. The highest BCUT2D eigenvalue weighted by Gasteiger charge is 2.21. The maximum atomic E-state index is 12.4. The van der Waals surface area contributed by atoms with Crippen LogP contribution in [0.15, 0.2) is 65.2 Å². The first kappa shape index (κ1) is 19.0. The van der Waals surface area contributed by atoms with E-state index in [4.69, 9.17) is 16.3 Å². The summed E-state index contributed by atoms with van der Waals surface area (Å²) in [4.78, 5) is 29.2. The van der Waals surface area contributed by atoms with Gasteiger partial charge in [0, 0.05) is 17.6 Å². The lowest BCUT2D eigenvalue weighted by Gasteiger charge is -2.14. The number of nitrogens with zero attached hydrogens (tertiary/aromatic N) is 1. The SMILES string of the molecule is C=CCNC(=O)[C@@H](C)OC(=O)c1cccnc1Sc1ccccc1Cl. The molecule has 1 aromatic heterocycles. The lowest BCUT2D eigenvalue weighted by Crippen LogP contribution is -2.35. The zero-order valence-electron chi connectivity index (χ0n) is 13.6. The van der Waals surface area contributed by atoms with Crippen LogP contribution < -0.4 is 5.32 Å². The summed E-state index contributed by atoms with van der Waals surface area (Å²) < 4.78 is 5.23. The highest BCUT2D eigenvalue weighted by Crippen LogP contribution is 2.33. The third-order valence-electron chi connectivity index (χ3n) is 3.11. The van der Waals surface area contributed by atoms with Crippen molar-refractivity contribution >= 4 is 35.2 Å². The third kappa shape index (κ3) is 5.34. The predicted octanol–water partition coefficient (Wildman–Crippen LogP) is 3.73. The first-order chi connectivity index (χ1) is 12.0. The lowest BCUT2D eigenvalue weighted by atomic mass is 10.3. The number of aromatic nitrogens is 1. The quantitative estimate of drug-likeness (QED) is 0.589. The molecule has 1 heterocycles. The second kappa shape index (κ2) is 9.25. The molecule has 1 N–H and O–H groups in total. The molecule has 2 rings (SSSR count). The van der Waals surface area contributed by atoms with Crippen molar-refractivity contribution in [3.63, 3.8) is 0 Å². The van der Waals surface area contributed by atoms with E-state index in [0.29, 0.717) is 16.6 Å². The Morgan fingerprint density at radius 2 is 2.12 bits per heavy atom. The van der Waals surface area contributed by atoms with Crippen LogP contribution >= 0.6 is 23.4 Å². The topological polar surface area (TPSA) is 68.3 Å². The Hall–Kier alpha value is -2.31. The van der Waals surface area contributed by atoms with E-state index in [1.165, 1.54) is 18.7 Å². The van der Waals surface area contributed by atoms with Gasteiger partial charge in [-0.2, -0.15) is 0 Å². The molecule has 7 heteroatoms. The van der Waals surface area contributed by atoms with Gasteiger partial charge in [-0.25, -0.2) is 9.78 Å². The molecule has 0 bridgehead atoms. The van der Waals surface area contributed by atoms with Crippen LogP contribution in [0, 0.1) is 0 Å². The molecule has 0 aliphatic carbocycles. The molecule has 25 heavy (non-hydrogen) atoms. The first-order valence-electron chi connectivity index (χ1n) is 7.50. The summed E-state index contributed by atoms with van der Waals surface area (Å²) in [5.74, 6) is -1.01. The van der Waals surface area contributed by atoms with Crippen LogP contribution in [-0.2, 0) is 9.53 Å². The molecular weight excluding hydrogens is 360 g/mol. The molecule has 2 aromatic rings. The number of carbonyl (C=O) groups is 2. The summed E-state index contributed by atoms with van der Waals surface area (Å²) in [5, 5.41) is 3.60. The average Bonchev–Trinajstić information content (AvgIpc) is 2.61. The van der Waals surface area contributed by atoms with Crippen molar-refractivity contribution in [2.75, 3.05) is 6.54 Å². The molecule has 0 fully saturated rings. The largest absolute Gasteiger partial charge is 0.449 e. The third-order valence-corrected chi connectivity index (χ3v) is 4.64. The van der Waals surface area contributed by atoms with Gasteiger partial charge in [0.1, 0.15) is 5.03 Å². The Kier molecular flexibility index (Phi) is 7.03. The minimum atomic E-state index is -0.925. The highest BCUT2D eigenvalue weighted by molar-refractivity contribution is 7.99. The number of halogens is 1. The number of pyridine rings is 1. The summed E-state index contributed by atoms with van der Waals surface area (Å²) in [6.07, 6.45) is 2.20. The normalized spacial score (nSPS) is 11.4. The van der Waals surface area contributed by atoms with Gasteiger partial charge in [-0.05, 0) is 31.2 Å². The number of carbonyl (C=O) groups excluding carboxylic acids is 2. The number of benzene rings is 1. The fourth-order valence-corrected chi connectivity index (χ4v) is 3.00. The first-order valence-corrected chi connectivity index (χ1v) is 8.69. The summed E-state index contributed by atoms with van der Waals surface area (Å²) >= 11 is 7.42. The standard InChI is InChI=1S/C18H17ClN2O3S/c1-3-10-20-16(22)12(2)24-18(23)13-7-6-11-21-17(13)25-15-9-5-4-8-14(15)19/h3-9,11-12H,1,10H2,2H3,(H,20,22)/t12-/m1/s1. The van der Waals surface area contributed by atoms with E-state index in [1.807, 2.05) is 18.2 Å². The fraction of sp³-hybridized carbons (Fsp3) is 0.167. The minimum absolute atomic E-state index is 0.274. The van der Waals surface area contributed by atoms with E-state index in [2.05, 4.69) is 16.9 Å². The number of rotatable bonds is 7. The van der Waals surface area contributed by atoms with E-state index < -0.39 is 18.0 Å². The Labute approximate surface area is 155 Å². The Bertz CT molecular complexity index is 782. The second-order valence-corrected chi connectivity index (χ2v) is 6.41. The van der Waals surface area contributed by atoms with Crippen LogP contribution in [0.5, 0.6) is 0 Å². The molecule has 0 saturated carbocycles. The van der Waals surface area contributed by atoms with Crippen LogP contribution in [0.1, 0.15) is 17.3 Å². The van der Waals surface area contributed by atoms with Crippen molar-refractivity contribution in [1.82, 2.24) is 10.3 Å². The van der Waals surface area contributed by atoms with Gasteiger partial charge >= 0.3 is 5.97 Å². The van der Waals surface area contributed by atoms with Crippen molar-refractivity contribution in [3.05, 3.63) is 65.8 Å². The van der Waals surface area contributed by atoms with E-state index >= 15 is 0 Å². The maximum Gasteiger partial charge on any atom is 0.341 e. The van der Waals surface area contributed by atoms with E-state index in [-0.39, 0.29) is 5.56 Å². The van der Waals surface area contributed by atoms with Crippen molar-refractivity contribution in [1.29, 1.82) is 0 Å². The van der Waals surface area contributed by atoms with Gasteiger partial charge in [-0.1, -0.05) is 41.6 Å². The van der Waals surface area contributed by atoms with Gasteiger partial charge in [-0.15, -0.1) is 6.58 Å². The van der Waals surface area contributed by atoms with Gasteiger partial charge in [0.15, 0.2) is 6.10 Å². The molecule has 1 amide bonds. The number of esters is 1. The fourth-order valence-electron chi connectivity index (χ4n) is 1.85. The van der Waals surface area contributed by atoms with Crippen LogP contribution in [-0.4, -0.2) is 29.5 Å². The lowest BCUT2D eigenvalue weighted by molar-refractivity contribution is -0.128. The van der Waals surface area contributed by atoms with Gasteiger partial charge in [-0.3, -0.25) is 4.79 Å². The number of ether oxygens (including phenoxy) is 1. The van der Waals surface area contributed by atoms with E-state index in [0.717, 1.165) is 4.90 Å². The molecular formula is C18H17ClN2O3S. The van der Waals surface area contributed by atoms with Gasteiger partial charge in [0.2, 0.25) is 0 Å². The predicted molar refractivity (Wildman–Crippen MR) is 97.9 cm³/mol. The molecule has 0 unspecified atom stereocenters. The second-order valence-electron chi connectivity index (χ2n) is 4.97. The molecule has 0 aliphatic rings. The molecule has 130 valence electrons. The molecule has 5 nitrogen and oxygen atoms in total. The van der Waals surface area contributed by atoms with Crippen LogP contribution in [0.25, 0.3) is 0 Å². The minimum Gasteiger partial charge on any atom is -0.449 e. The molecule has 0 aliphatic heterocycles. The number of hydrogen-bond acceptors (Lipinski definition) is 5. The summed E-state index contributed by atoms with van der Waals surface area (Å²) in [5.41, 5.74) is 0.274.